The molecule has 0 aliphatic carbocycles. The van der Waals surface area contributed by atoms with Crippen molar-refractivity contribution in [3.63, 3.8) is 0 Å². The van der Waals surface area contributed by atoms with Gasteiger partial charge in [0.25, 0.3) is 0 Å². The largest absolute Gasteiger partial charge is 0.407 e. The normalized spacial score (nSPS) is 11.1. The Morgan fingerprint density at radius 3 is 2.29 bits per heavy atom. The van der Waals surface area contributed by atoms with Crippen molar-refractivity contribution in [2.24, 2.45) is 0 Å². The minimum Gasteiger partial charge on any atom is -0.238 e. The Morgan fingerprint density at radius 2 is 1.86 bits per heavy atom. The third kappa shape index (κ3) is 1.69. The lowest BCUT2D eigenvalue weighted by Crippen LogP contribution is -2.08. The van der Waals surface area contributed by atoms with Gasteiger partial charge in [-0.15, -0.1) is 0 Å². The van der Waals surface area contributed by atoms with Gasteiger partial charge in [0.15, 0.2) is 5.69 Å². The van der Waals surface area contributed by atoms with Gasteiger partial charge in [0, 0.05) is 0 Å². The monoisotopic (exact) mass is 203 g/mol. The van der Waals surface area contributed by atoms with Crippen molar-refractivity contribution in [3.05, 3.63) is 40.5 Å². The molecule has 0 N–H and O–H groups in total. The van der Waals surface area contributed by atoms with Crippen LogP contribution in [-0.4, -0.2) is 0 Å². The summed E-state index contributed by atoms with van der Waals surface area (Å²) in [6.07, 6.45) is -4.69. The fourth-order valence-corrected chi connectivity index (χ4v) is 1.12. The van der Waals surface area contributed by atoms with E-state index in [1.54, 1.807) is 0 Å². The Morgan fingerprint density at radius 1 is 1.29 bits per heavy atom. The first-order valence-corrected chi connectivity index (χ1v) is 3.61. The standard InChI is InChI=1S/C9H5F4N/c1-5-6(10)3-4-7(14-2)8(5)9(11,12)13/h3-4H,1H3. The fourth-order valence-electron chi connectivity index (χ4n) is 1.12. The number of benzene rings is 1. The predicted octanol–water partition coefficient (Wildman–Crippen LogP) is 3.70. The van der Waals surface area contributed by atoms with Crippen LogP contribution < -0.4 is 0 Å². The van der Waals surface area contributed by atoms with Gasteiger partial charge in [-0.3, -0.25) is 0 Å². The molecule has 0 atom stereocenters. The molecule has 1 rings (SSSR count). The number of rotatable bonds is 0. The van der Waals surface area contributed by atoms with E-state index in [0.29, 0.717) is 0 Å². The van der Waals surface area contributed by atoms with Gasteiger partial charge < -0.3 is 0 Å². The SMILES string of the molecule is [C-]#[N+]c1ccc(F)c(C)c1C(F)(F)F. The maximum Gasteiger partial charge on any atom is 0.407 e. The first kappa shape index (κ1) is 10.5. The molecule has 0 radical (unpaired) electrons. The Balaban J connectivity index is 3.54. The van der Waals surface area contributed by atoms with Gasteiger partial charge in [-0.2, -0.15) is 13.2 Å². The lowest BCUT2D eigenvalue weighted by molar-refractivity contribution is -0.137. The van der Waals surface area contributed by atoms with Crippen LogP contribution in [0.15, 0.2) is 12.1 Å². The van der Waals surface area contributed by atoms with Crippen LogP contribution in [0.3, 0.4) is 0 Å². The molecule has 0 aromatic heterocycles. The Labute approximate surface area is 77.8 Å². The number of halogens is 4. The molecule has 0 fully saturated rings. The third-order valence-corrected chi connectivity index (χ3v) is 1.78. The van der Waals surface area contributed by atoms with Gasteiger partial charge in [0.05, 0.1) is 12.1 Å². The molecular weight excluding hydrogens is 198 g/mol. The van der Waals surface area contributed by atoms with E-state index in [9.17, 15) is 17.6 Å². The predicted molar refractivity (Wildman–Crippen MR) is 42.4 cm³/mol. The Kier molecular flexibility index (Phi) is 2.47. The quantitative estimate of drug-likeness (QED) is 0.447. The molecule has 5 heteroatoms. The van der Waals surface area contributed by atoms with Crippen molar-refractivity contribution in [2.45, 2.75) is 13.1 Å². The highest BCUT2D eigenvalue weighted by Crippen LogP contribution is 2.39. The van der Waals surface area contributed by atoms with Gasteiger partial charge in [-0.1, -0.05) is 6.07 Å². The number of hydrogen-bond donors (Lipinski definition) is 0. The van der Waals surface area contributed by atoms with E-state index in [0.717, 1.165) is 19.1 Å². The van der Waals surface area contributed by atoms with E-state index in [1.807, 2.05) is 0 Å². The minimum atomic E-state index is -4.69. The third-order valence-electron chi connectivity index (χ3n) is 1.78. The van der Waals surface area contributed by atoms with Crippen LogP contribution in [0.25, 0.3) is 4.85 Å². The van der Waals surface area contributed by atoms with Crippen molar-refractivity contribution in [3.8, 4) is 0 Å². The molecule has 0 spiro atoms. The van der Waals surface area contributed by atoms with E-state index in [1.165, 1.54) is 0 Å². The second kappa shape index (κ2) is 3.29. The summed E-state index contributed by atoms with van der Waals surface area (Å²) in [5, 5.41) is 0. The molecule has 0 amide bonds. The van der Waals surface area contributed by atoms with Crippen LogP contribution in [0.4, 0.5) is 23.2 Å². The highest BCUT2D eigenvalue weighted by molar-refractivity contribution is 5.57. The smallest absolute Gasteiger partial charge is 0.238 e. The molecule has 0 heterocycles. The molecule has 1 aromatic carbocycles. The van der Waals surface area contributed by atoms with E-state index in [-0.39, 0.29) is 0 Å². The van der Waals surface area contributed by atoms with Crippen molar-refractivity contribution in [2.75, 3.05) is 0 Å². The molecule has 0 aliphatic rings. The van der Waals surface area contributed by atoms with Crippen molar-refractivity contribution < 1.29 is 17.6 Å². The van der Waals surface area contributed by atoms with Crippen LogP contribution in [-0.2, 0) is 6.18 Å². The minimum absolute atomic E-state index is 0.536. The fraction of sp³-hybridized carbons (Fsp3) is 0.222. The molecule has 0 bridgehead atoms. The second-order valence-corrected chi connectivity index (χ2v) is 2.68. The van der Waals surface area contributed by atoms with Gasteiger partial charge in [-0.05, 0) is 18.6 Å². The number of nitrogens with zero attached hydrogens (tertiary/aromatic N) is 1. The van der Waals surface area contributed by atoms with Gasteiger partial charge in [0.2, 0.25) is 0 Å². The summed E-state index contributed by atoms with van der Waals surface area (Å²) >= 11 is 0. The Hall–Kier alpha value is -1.57. The van der Waals surface area contributed by atoms with Gasteiger partial charge in [-0.25, -0.2) is 9.24 Å². The molecule has 0 saturated carbocycles. The lowest BCUT2D eigenvalue weighted by atomic mass is 10.1. The van der Waals surface area contributed by atoms with Crippen LogP contribution in [0.5, 0.6) is 0 Å². The van der Waals surface area contributed by atoms with E-state index in [2.05, 4.69) is 4.85 Å². The van der Waals surface area contributed by atoms with Crippen molar-refractivity contribution >= 4 is 5.69 Å². The zero-order chi connectivity index (χ0) is 10.9. The summed E-state index contributed by atoms with van der Waals surface area (Å²) in [4.78, 5) is 2.70. The van der Waals surface area contributed by atoms with Crippen LogP contribution in [0.1, 0.15) is 11.1 Å². The molecule has 1 aromatic rings. The summed E-state index contributed by atoms with van der Waals surface area (Å²) in [7, 11) is 0. The van der Waals surface area contributed by atoms with E-state index >= 15 is 0 Å². The van der Waals surface area contributed by atoms with Crippen molar-refractivity contribution in [1.82, 2.24) is 0 Å². The van der Waals surface area contributed by atoms with E-state index in [4.69, 9.17) is 6.57 Å². The molecule has 0 unspecified atom stereocenters. The Bertz CT molecular complexity index is 400. The maximum absolute atomic E-state index is 12.8. The van der Waals surface area contributed by atoms with Gasteiger partial charge in [0.1, 0.15) is 5.82 Å². The number of hydrogen-bond acceptors (Lipinski definition) is 0. The first-order valence-electron chi connectivity index (χ1n) is 3.61. The molecule has 0 saturated heterocycles. The number of alkyl halides is 3. The average molecular weight is 203 g/mol. The zero-order valence-electron chi connectivity index (χ0n) is 7.11. The van der Waals surface area contributed by atoms with Crippen LogP contribution in [0, 0.1) is 19.3 Å². The lowest BCUT2D eigenvalue weighted by Gasteiger charge is -2.12. The summed E-state index contributed by atoms with van der Waals surface area (Å²) in [6.45, 7) is 7.54. The average Bonchev–Trinajstić information content (AvgIpc) is 2.07. The topological polar surface area (TPSA) is 4.36 Å². The summed E-state index contributed by atoms with van der Waals surface area (Å²) in [6, 6.07) is 1.69. The molecular formula is C9H5F4N. The maximum atomic E-state index is 12.8. The summed E-state index contributed by atoms with van der Waals surface area (Å²) < 4.78 is 49.9. The van der Waals surface area contributed by atoms with Gasteiger partial charge >= 0.3 is 6.18 Å². The zero-order valence-corrected chi connectivity index (χ0v) is 7.11. The molecule has 0 aliphatic heterocycles. The summed E-state index contributed by atoms with van der Waals surface area (Å²) in [5.74, 6) is -0.954. The molecule has 14 heavy (non-hydrogen) atoms. The van der Waals surface area contributed by atoms with Crippen molar-refractivity contribution in [1.29, 1.82) is 0 Å². The highest BCUT2D eigenvalue weighted by atomic mass is 19.4. The second-order valence-electron chi connectivity index (χ2n) is 2.68. The van der Waals surface area contributed by atoms with Crippen LogP contribution in [0.2, 0.25) is 0 Å². The van der Waals surface area contributed by atoms with E-state index < -0.39 is 28.8 Å². The summed E-state index contributed by atoms with van der Waals surface area (Å²) in [5.41, 5.74) is -2.30. The highest BCUT2D eigenvalue weighted by Gasteiger charge is 2.36. The first-order chi connectivity index (χ1) is 6.38. The molecule has 74 valence electrons. The van der Waals surface area contributed by atoms with Crippen LogP contribution >= 0.6 is 0 Å². The molecule has 1 nitrogen and oxygen atoms in total.